The number of carbonyl (C=O) groups excluding carboxylic acids is 1. The lowest BCUT2D eigenvalue weighted by Crippen LogP contribution is -2.26. The Morgan fingerprint density at radius 2 is 2.08 bits per heavy atom. The first-order chi connectivity index (χ1) is 5.52. The minimum atomic E-state index is -0.295. The van der Waals surface area contributed by atoms with Crippen LogP contribution in [0.1, 0.15) is 47.0 Å². The van der Waals surface area contributed by atoms with E-state index in [1.807, 2.05) is 13.8 Å². The van der Waals surface area contributed by atoms with Crippen LogP contribution in [0.15, 0.2) is 0 Å². The third-order valence-electron chi connectivity index (χ3n) is 1.99. The largest absolute Gasteiger partial charge is 0.462 e. The van der Waals surface area contributed by atoms with Gasteiger partial charge in [-0.05, 0) is 26.2 Å². The molecule has 0 bridgehead atoms. The van der Waals surface area contributed by atoms with E-state index in [9.17, 15) is 4.79 Å². The molecule has 1 unspecified atom stereocenters. The van der Waals surface area contributed by atoms with Crippen LogP contribution in [0.25, 0.3) is 0 Å². The van der Waals surface area contributed by atoms with E-state index in [2.05, 4.69) is 13.8 Å². The standard InChI is InChI=1S/C10H20O2/c1-5-6-9(2)7-10(3,4)12-8-11/h8-9H,5-7H2,1-4H3. The first kappa shape index (κ1) is 11.5. The lowest BCUT2D eigenvalue weighted by Gasteiger charge is -2.25. The van der Waals surface area contributed by atoms with E-state index in [0.29, 0.717) is 12.4 Å². The summed E-state index contributed by atoms with van der Waals surface area (Å²) in [6, 6.07) is 0. The molecule has 0 aromatic carbocycles. The molecule has 0 aliphatic heterocycles. The summed E-state index contributed by atoms with van der Waals surface area (Å²) >= 11 is 0. The molecule has 0 N–H and O–H groups in total. The molecule has 0 aromatic rings. The molecule has 0 aliphatic carbocycles. The van der Waals surface area contributed by atoms with Gasteiger partial charge in [0.1, 0.15) is 5.60 Å². The maximum Gasteiger partial charge on any atom is 0.293 e. The molecule has 0 heterocycles. The second kappa shape index (κ2) is 5.18. The molecular weight excluding hydrogens is 152 g/mol. The topological polar surface area (TPSA) is 26.3 Å². The van der Waals surface area contributed by atoms with Crippen molar-refractivity contribution in [3.05, 3.63) is 0 Å². The highest BCUT2D eigenvalue weighted by atomic mass is 16.5. The molecule has 0 saturated carbocycles. The summed E-state index contributed by atoms with van der Waals surface area (Å²) in [6.07, 6.45) is 3.34. The van der Waals surface area contributed by atoms with Crippen molar-refractivity contribution in [2.45, 2.75) is 52.6 Å². The Bertz CT molecular complexity index is 130. The molecule has 2 nitrogen and oxygen atoms in total. The quantitative estimate of drug-likeness (QED) is 0.576. The molecular formula is C10H20O2. The Kier molecular flexibility index (Phi) is 4.95. The number of hydrogen-bond donors (Lipinski definition) is 0. The van der Waals surface area contributed by atoms with Crippen molar-refractivity contribution in [3.63, 3.8) is 0 Å². The predicted molar refractivity (Wildman–Crippen MR) is 49.9 cm³/mol. The molecule has 72 valence electrons. The minimum Gasteiger partial charge on any atom is -0.462 e. The van der Waals surface area contributed by atoms with Crippen molar-refractivity contribution in [2.24, 2.45) is 5.92 Å². The van der Waals surface area contributed by atoms with Gasteiger partial charge in [-0.25, -0.2) is 0 Å². The van der Waals surface area contributed by atoms with Gasteiger partial charge in [0, 0.05) is 0 Å². The van der Waals surface area contributed by atoms with Crippen molar-refractivity contribution in [3.8, 4) is 0 Å². The van der Waals surface area contributed by atoms with Crippen LogP contribution >= 0.6 is 0 Å². The summed E-state index contributed by atoms with van der Waals surface area (Å²) < 4.78 is 4.97. The average molecular weight is 172 g/mol. The molecule has 0 aliphatic rings. The van der Waals surface area contributed by atoms with Crippen molar-refractivity contribution in [1.29, 1.82) is 0 Å². The number of hydrogen-bond acceptors (Lipinski definition) is 2. The zero-order valence-corrected chi connectivity index (χ0v) is 8.59. The number of ether oxygens (including phenoxy) is 1. The van der Waals surface area contributed by atoms with Gasteiger partial charge in [0.2, 0.25) is 0 Å². The molecule has 0 radical (unpaired) electrons. The molecule has 0 rings (SSSR count). The van der Waals surface area contributed by atoms with Gasteiger partial charge in [0.25, 0.3) is 6.47 Å². The second-order valence-electron chi connectivity index (χ2n) is 4.07. The third kappa shape index (κ3) is 5.16. The summed E-state index contributed by atoms with van der Waals surface area (Å²) in [5.74, 6) is 0.630. The summed E-state index contributed by atoms with van der Waals surface area (Å²) in [5, 5.41) is 0. The highest BCUT2D eigenvalue weighted by Crippen LogP contribution is 2.22. The van der Waals surface area contributed by atoms with Crippen molar-refractivity contribution in [2.75, 3.05) is 0 Å². The van der Waals surface area contributed by atoms with Crippen LogP contribution in [0.2, 0.25) is 0 Å². The van der Waals surface area contributed by atoms with E-state index in [-0.39, 0.29) is 5.60 Å². The van der Waals surface area contributed by atoms with Gasteiger partial charge in [-0.2, -0.15) is 0 Å². The van der Waals surface area contributed by atoms with Gasteiger partial charge in [-0.1, -0.05) is 26.7 Å². The van der Waals surface area contributed by atoms with Gasteiger partial charge in [0.05, 0.1) is 0 Å². The monoisotopic (exact) mass is 172 g/mol. The summed E-state index contributed by atoms with van der Waals surface area (Å²) in [7, 11) is 0. The average Bonchev–Trinajstić information content (AvgIpc) is 1.85. The van der Waals surface area contributed by atoms with E-state index in [1.165, 1.54) is 12.8 Å². The van der Waals surface area contributed by atoms with Crippen molar-refractivity contribution in [1.82, 2.24) is 0 Å². The zero-order chi connectivity index (χ0) is 9.61. The van der Waals surface area contributed by atoms with Crippen LogP contribution < -0.4 is 0 Å². The van der Waals surface area contributed by atoms with Crippen LogP contribution in [0.3, 0.4) is 0 Å². The lowest BCUT2D eigenvalue weighted by molar-refractivity contribution is -0.141. The fourth-order valence-corrected chi connectivity index (χ4v) is 1.61. The van der Waals surface area contributed by atoms with Crippen LogP contribution in [0, 0.1) is 5.92 Å². The molecule has 0 saturated heterocycles. The first-order valence-corrected chi connectivity index (χ1v) is 4.63. The number of rotatable bonds is 6. The Morgan fingerprint density at radius 1 is 1.50 bits per heavy atom. The third-order valence-corrected chi connectivity index (χ3v) is 1.99. The van der Waals surface area contributed by atoms with E-state index in [4.69, 9.17) is 4.74 Å². The lowest BCUT2D eigenvalue weighted by atomic mass is 9.92. The molecule has 2 heteroatoms. The predicted octanol–water partition coefficient (Wildman–Crippen LogP) is 2.76. The van der Waals surface area contributed by atoms with E-state index >= 15 is 0 Å². The van der Waals surface area contributed by atoms with Gasteiger partial charge in [0.15, 0.2) is 0 Å². The first-order valence-electron chi connectivity index (χ1n) is 4.63. The molecule has 0 amide bonds. The van der Waals surface area contributed by atoms with Gasteiger partial charge >= 0.3 is 0 Å². The van der Waals surface area contributed by atoms with Crippen LogP contribution in [-0.4, -0.2) is 12.1 Å². The fourth-order valence-electron chi connectivity index (χ4n) is 1.61. The molecule has 0 spiro atoms. The van der Waals surface area contributed by atoms with Crippen LogP contribution in [-0.2, 0) is 9.53 Å². The second-order valence-corrected chi connectivity index (χ2v) is 4.07. The Hall–Kier alpha value is -0.530. The van der Waals surface area contributed by atoms with Crippen LogP contribution in [0.4, 0.5) is 0 Å². The van der Waals surface area contributed by atoms with E-state index in [1.54, 1.807) is 0 Å². The molecule has 0 fully saturated rings. The van der Waals surface area contributed by atoms with E-state index in [0.717, 1.165) is 6.42 Å². The fraction of sp³-hybridized carbons (Fsp3) is 0.900. The Labute approximate surface area is 75.3 Å². The smallest absolute Gasteiger partial charge is 0.293 e. The summed E-state index contributed by atoms with van der Waals surface area (Å²) in [6.45, 7) is 8.81. The zero-order valence-electron chi connectivity index (χ0n) is 8.59. The minimum absolute atomic E-state index is 0.295. The Balaban J connectivity index is 3.78. The van der Waals surface area contributed by atoms with Crippen LogP contribution in [0.5, 0.6) is 0 Å². The van der Waals surface area contributed by atoms with Gasteiger partial charge < -0.3 is 4.74 Å². The maximum absolute atomic E-state index is 10.1. The molecule has 1 atom stereocenters. The number of carbonyl (C=O) groups is 1. The summed E-state index contributed by atoms with van der Waals surface area (Å²) in [5.41, 5.74) is -0.295. The van der Waals surface area contributed by atoms with E-state index < -0.39 is 0 Å². The molecule has 12 heavy (non-hydrogen) atoms. The van der Waals surface area contributed by atoms with Gasteiger partial charge in [-0.3, -0.25) is 4.79 Å². The van der Waals surface area contributed by atoms with Crippen molar-refractivity contribution < 1.29 is 9.53 Å². The van der Waals surface area contributed by atoms with Crippen molar-refractivity contribution >= 4 is 6.47 Å². The van der Waals surface area contributed by atoms with Gasteiger partial charge in [-0.15, -0.1) is 0 Å². The highest BCUT2D eigenvalue weighted by Gasteiger charge is 2.21. The highest BCUT2D eigenvalue weighted by molar-refractivity contribution is 5.38. The summed E-state index contributed by atoms with van der Waals surface area (Å²) in [4.78, 5) is 10.1. The normalized spacial score (nSPS) is 14.0. The Morgan fingerprint density at radius 3 is 2.50 bits per heavy atom. The molecule has 0 aromatic heterocycles. The maximum atomic E-state index is 10.1. The SMILES string of the molecule is CCCC(C)CC(C)(C)OC=O.